The Kier molecular flexibility index (Phi) is 15.6. The summed E-state index contributed by atoms with van der Waals surface area (Å²) < 4.78 is 0. The van der Waals surface area contributed by atoms with Crippen molar-refractivity contribution in [3.63, 3.8) is 0 Å². The van der Waals surface area contributed by atoms with Gasteiger partial charge in [0.2, 0.25) is 17.7 Å². The standard InChI is InChI=1S/C20H36N8O9/c21-6-2-1-4-10(22)16(33)26-11(5-3-7-25-20(23)24)17(34)27-12(8-14(29)30)18(35)28-13(19(36)37)9-15(31)32/h10-13H,1-9,21-22H2,(H,26,33)(H,27,34)(H,28,35)(H,29,30)(H,31,32)(H,36,37)(H4,23,24,25). The van der Waals surface area contributed by atoms with Gasteiger partial charge in [0.05, 0.1) is 18.9 Å². The number of nitrogens with zero attached hydrogens (tertiary/aromatic N) is 1. The van der Waals surface area contributed by atoms with Gasteiger partial charge < -0.3 is 54.2 Å². The molecule has 0 rings (SSSR count). The highest BCUT2D eigenvalue weighted by molar-refractivity contribution is 5.96. The first-order chi connectivity index (χ1) is 17.3. The Labute approximate surface area is 212 Å². The first kappa shape index (κ1) is 33.0. The van der Waals surface area contributed by atoms with Gasteiger partial charge in [-0.2, -0.15) is 0 Å². The first-order valence-corrected chi connectivity index (χ1v) is 11.4. The normalized spacial score (nSPS) is 13.8. The molecule has 0 bridgehead atoms. The molecule has 0 aromatic heterocycles. The zero-order chi connectivity index (χ0) is 28.5. The molecule has 0 aliphatic heterocycles. The van der Waals surface area contributed by atoms with Gasteiger partial charge in [-0.1, -0.05) is 6.42 Å². The molecule has 37 heavy (non-hydrogen) atoms. The van der Waals surface area contributed by atoms with E-state index < -0.39 is 72.6 Å². The van der Waals surface area contributed by atoms with Crippen LogP contribution in [0.15, 0.2) is 4.99 Å². The number of carboxylic acid groups (broad SMARTS) is 3. The number of amides is 3. The molecule has 17 nitrogen and oxygen atoms in total. The topological polar surface area (TPSA) is 316 Å². The van der Waals surface area contributed by atoms with E-state index in [1.165, 1.54) is 0 Å². The molecule has 0 aliphatic carbocycles. The lowest BCUT2D eigenvalue weighted by Gasteiger charge is -2.24. The van der Waals surface area contributed by atoms with Gasteiger partial charge in [-0.25, -0.2) is 4.79 Å². The summed E-state index contributed by atoms with van der Waals surface area (Å²) in [4.78, 5) is 75.1. The number of aliphatic imine (C=N–C) groups is 1. The van der Waals surface area contributed by atoms with E-state index in [0.29, 0.717) is 19.4 Å². The van der Waals surface area contributed by atoms with Gasteiger partial charge in [-0.15, -0.1) is 0 Å². The van der Waals surface area contributed by atoms with Crippen molar-refractivity contribution < 1.29 is 44.1 Å². The van der Waals surface area contributed by atoms with Crippen LogP contribution in [0.1, 0.15) is 44.9 Å². The number of nitrogens with two attached hydrogens (primary N) is 4. The fourth-order valence-electron chi connectivity index (χ4n) is 2.99. The third-order valence-electron chi connectivity index (χ3n) is 4.89. The average Bonchev–Trinajstić information content (AvgIpc) is 2.79. The van der Waals surface area contributed by atoms with Crippen molar-refractivity contribution in [2.45, 2.75) is 69.1 Å². The second kappa shape index (κ2) is 17.4. The number of guanidine groups is 1. The van der Waals surface area contributed by atoms with Crippen LogP contribution in [-0.2, 0) is 28.8 Å². The predicted molar refractivity (Wildman–Crippen MR) is 129 cm³/mol. The van der Waals surface area contributed by atoms with E-state index in [1.54, 1.807) is 0 Å². The fraction of sp³-hybridized carbons (Fsp3) is 0.650. The van der Waals surface area contributed by atoms with Crippen LogP contribution in [0.5, 0.6) is 0 Å². The molecule has 0 heterocycles. The minimum Gasteiger partial charge on any atom is -0.481 e. The molecule has 0 saturated carbocycles. The summed E-state index contributed by atoms with van der Waals surface area (Å²) in [6, 6.07) is -5.90. The van der Waals surface area contributed by atoms with Crippen molar-refractivity contribution in [3.05, 3.63) is 0 Å². The maximum absolute atomic E-state index is 12.9. The van der Waals surface area contributed by atoms with Gasteiger partial charge >= 0.3 is 17.9 Å². The molecule has 14 N–H and O–H groups in total. The number of carbonyl (C=O) groups is 6. The van der Waals surface area contributed by atoms with Gasteiger partial charge in [0.1, 0.15) is 18.1 Å². The summed E-state index contributed by atoms with van der Waals surface area (Å²) in [5, 5.41) is 33.6. The Morgan fingerprint density at radius 2 is 1.22 bits per heavy atom. The molecule has 0 radical (unpaired) electrons. The molecule has 0 aliphatic rings. The van der Waals surface area contributed by atoms with Gasteiger partial charge in [-0.3, -0.25) is 29.0 Å². The molecular formula is C20H36N8O9. The van der Waals surface area contributed by atoms with Gasteiger partial charge in [-0.05, 0) is 32.2 Å². The summed E-state index contributed by atoms with van der Waals surface area (Å²) in [7, 11) is 0. The van der Waals surface area contributed by atoms with Crippen molar-refractivity contribution in [3.8, 4) is 0 Å². The Hall–Kier alpha value is -3.99. The van der Waals surface area contributed by atoms with Crippen molar-refractivity contribution >= 4 is 41.6 Å². The highest BCUT2D eigenvalue weighted by Gasteiger charge is 2.32. The van der Waals surface area contributed by atoms with Crippen LogP contribution in [0, 0.1) is 0 Å². The molecule has 17 heteroatoms. The number of carbonyl (C=O) groups excluding carboxylic acids is 3. The number of unbranched alkanes of at least 4 members (excludes halogenated alkanes) is 1. The first-order valence-electron chi connectivity index (χ1n) is 11.4. The van der Waals surface area contributed by atoms with Gasteiger partial charge in [0.25, 0.3) is 0 Å². The lowest BCUT2D eigenvalue weighted by molar-refractivity contribution is -0.148. The summed E-state index contributed by atoms with van der Waals surface area (Å²) in [6.07, 6.45) is -0.278. The number of nitrogens with one attached hydrogen (secondary N) is 3. The van der Waals surface area contributed by atoms with Crippen molar-refractivity contribution in [1.82, 2.24) is 16.0 Å². The van der Waals surface area contributed by atoms with Crippen molar-refractivity contribution in [1.29, 1.82) is 0 Å². The highest BCUT2D eigenvalue weighted by Crippen LogP contribution is 2.05. The molecule has 0 aromatic carbocycles. The lowest BCUT2D eigenvalue weighted by atomic mass is 10.1. The van der Waals surface area contributed by atoms with E-state index in [1.807, 2.05) is 5.32 Å². The predicted octanol–water partition coefficient (Wildman–Crippen LogP) is -4.02. The fourth-order valence-corrected chi connectivity index (χ4v) is 2.99. The summed E-state index contributed by atoms with van der Waals surface area (Å²) >= 11 is 0. The van der Waals surface area contributed by atoms with Crippen LogP contribution in [0.4, 0.5) is 0 Å². The van der Waals surface area contributed by atoms with Crippen LogP contribution >= 0.6 is 0 Å². The molecule has 0 aromatic rings. The van der Waals surface area contributed by atoms with Crippen LogP contribution in [-0.4, -0.2) is 94.2 Å². The number of hydrogen-bond donors (Lipinski definition) is 10. The van der Waals surface area contributed by atoms with E-state index in [-0.39, 0.29) is 31.8 Å². The van der Waals surface area contributed by atoms with E-state index in [4.69, 9.17) is 38.3 Å². The monoisotopic (exact) mass is 532 g/mol. The third-order valence-corrected chi connectivity index (χ3v) is 4.89. The van der Waals surface area contributed by atoms with Gasteiger partial charge in [0.15, 0.2) is 5.96 Å². The van der Waals surface area contributed by atoms with Crippen LogP contribution in [0.2, 0.25) is 0 Å². The number of rotatable bonds is 19. The van der Waals surface area contributed by atoms with E-state index in [2.05, 4.69) is 15.6 Å². The summed E-state index contributed by atoms with van der Waals surface area (Å²) in [6.45, 7) is 0.505. The smallest absolute Gasteiger partial charge is 0.326 e. The molecule has 0 saturated heterocycles. The second-order valence-electron chi connectivity index (χ2n) is 8.06. The lowest BCUT2D eigenvalue weighted by Crippen LogP contribution is -2.57. The highest BCUT2D eigenvalue weighted by atomic mass is 16.4. The number of carboxylic acids is 3. The quantitative estimate of drug-likeness (QED) is 0.0431. The summed E-state index contributed by atoms with van der Waals surface area (Å²) in [5.74, 6) is -7.79. The molecular weight excluding hydrogens is 496 g/mol. The minimum atomic E-state index is -1.88. The second-order valence-corrected chi connectivity index (χ2v) is 8.06. The minimum absolute atomic E-state index is 0.0257. The Bertz CT molecular complexity index is 848. The Balaban J connectivity index is 5.60. The molecule has 4 atom stereocenters. The number of hydrogen-bond acceptors (Lipinski definition) is 9. The maximum Gasteiger partial charge on any atom is 0.326 e. The Morgan fingerprint density at radius 1 is 0.703 bits per heavy atom. The SMILES string of the molecule is NCCCCC(N)C(=O)NC(CCCN=C(N)N)C(=O)NC(CC(=O)O)C(=O)NC(CC(=O)O)C(=O)O. The Morgan fingerprint density at radius 3 is 1.73 bits per heavy atom. The van der Waals surface area contributed by atoms with Crippen LogP contribution in [0.3, 0.4) is 0 Å². The third kappa shape index (κ3) is 14.9. The molecule has 3 amide bonds. The van der Waals surface area contributed by atoms with Crippen LogP contribution in [0.25, 0.3) is 0 Å². The largest absolute Gasteiger partial charge is 0.481 e. The van der Waals surface area contributed by atoms with Gasteiger partial charge in [0, 0.05) is 6.54 Å². The zero-order valence-electron chi connectivity index (χ0n) is 20.2. The average molecular weight is 533 g/mol. The van der Waals surface area contributed by atoms with E-state index in [0.717, 1.165) is 0 Å². The van der Waals surface area contributed by atoms with Crippen molar-refractivity contribution in [2.24, 2.45) is 27.9 Å². The van der Waals surface area contributed by atoms with Crippen LogP contribution < -0.4 is 38.9 Å². The maximum atomic E-state index is 12.9. The number of aliphatic carboxylic acids is 3. The molecule has 0 fully saturated rings. The molecule has 4 unspecified atom stereocenters. The zero-order valence-corrected chi connectivity index (χ0v) is 20.2. The molecule has 210 valence electrons. The van der Waals surface area contributed by atoms with E-state index in [9.17, 15) is 28.8 Å². The van der Waals surface area contributed by atoms with Crippen molar-refractivity contribution in [2.75, 3.05) is 13.1 Å². The molecule has 0 spiro atoms. The summed E-state index contributed by atoms with van der Waals surface area (Å²) in [5.41, 5.74) is 21.8. The van der Waals surface area contributed by atoms with E-state index >= 15 is 0 Å².